The normalized spacial score (nSPS) is 13.1. The Morgan fingerprint density at radius 3 is 2.31 bits per heavy atom. The molecule has 1 atom stereocenters. The molecular formula is C11H20O4S. The van der Waals surface area contributed by atoms with Gasteiger partial charge in [-0.1, -0.05) is 0 Å². The van der Waals surface area contributed by atoms with E-state index < -0.39 is 5.60 Å². The number of rotatable bonds is 5. The number of carbonyl (C=O) groups is 2. The minimum Gasteiger partial charge on any atom is -0.465 e. The van der Waals surface area contributed by atoms with Crippen LogP contribution in [0.25, 0.3) is 0 Å². The van der Waals surface area contributed by atoms with Crippen LogP contribution < -0.4 is 0 Å². The van der Waals surface area contributed by atoms with E-state index in [0.29, 0.717) is 6.61 Å². The maximum absolute atomic E-state index is 11.3. The summed E-state index contributed by atoms with van der Waals surface area (Å²) in [5.74, 6) is -0.443. The van der Waals surface area contributed by atoms with Crippen LogP contribution in [0, 0.1) is 0 Å². The number of hydrogen-bond donors (Lipinski definition) is 0. The van der Waals surface area contributed by atoms with Crippen molar-refractivity contribution in [1.29, 1.82) is 0 Å². The molecule has 0 fully saturated rings. The van der Waals surface area contributed by atoms with Crippen molar-refractivity contribution in [3.8, 4) is 0 Å². The smallest absolute Gasteiger partial charge is 0.318 e. The number of ether oxygens (including phenoxy) is 2. The van der Waals surface area contributed by atoms with Gasteiger partial charge in [-0.3, -0.25) is 9.59 Å². The number of thioether (sulfide) groups is 1. The summed E-state index contributed by atoms with van der Waals surface area (Å²) in [6, 6.07) is 0. The highest BCUT2D eigenvalue weighted by molar-refractivity contribution is 8.01. The van der Waals surface area contributed by atoms with Crippen molar-refractivity contribution in [3.05, 3.63) is 0 Å². The average Bonchev–Trinajstić information content (AvgIpc) is 2.11. The molecule has 0 amide bonds. The zero-order valence-electron chi connectivity index (χ0n) is 10.5. The van der Waals surface area contributed by atoms with Crippen LogP contribution in [0.1, 0.15) is 34.6 Å². The van der Waals surface area contributed by atoms with Crippen LogP contribution in [-0.4, -0.2) is 35.1 Å². The van der Waals surface area contributed by atoms with Crippen molar-refractivity contribution in [3.63, 3.8) is 0 Å². The Hall–Kier alpha value is -0.710. The molecule has 0 saturated carbocycles. The zero-order chi connectivity index (χ0) is 12.8. The second-order valence-electron chi connectivity index (χ2n) is 4.29. The molecule has 0 aliphatic carbocycles. The molecule has 5 heteroatoms. The number of carbonyl (C=O) groups excluding carboxylic acids is 2. The molecule has 0 saturated heterocycles. The molecule has 0 radical (unpaired) electrons. The molecule has 0 aromatic heterocycles. The van der Waals surface area contributed by atoms with Crippen molar-refractivity contribution in [2.45, 2.75) is 45.5 Å². The lowest BCUT2D eigenvalue weighted by atomic mass is 10.2. The quantitative estimate of drug-likeness (QED) is 0.697. The minimum atomic E-state index is -0.481. The Labute approximate surface area is 101 Å². The van der Waals surface area contributed by atoms with Gasteiger partial charge in [0.05, 0.1) is 12.4 Å². The van der Waals surface area contributed by atoms with E-state index in [1.165, 1.54) is 11.8 Å². The molecule has 1 unspecified atom stereocenters. The fourth-order valence-corrected chi connectivity index (χ4v) is 1.54. The van der Waals surface area contributed by atoms with Gasteiger partial charge in [0.2, 0.25) is 0 Å². The van der Waals surface area contributed by atoms with Crippen LogP contribution in [-0.2, 0) is 19.1 Å². The monoisotopic (exact) mass is 248 g/mol. The second-order valence-corrected chi connectivity index (χ2v) is 5.62. The van der Waals surface area contributed by atoms with Crippen LogP contribution in [0.5, 0.6) is 0 Å². The standard InChI is InChI=1S/C11H20O4S/c1-6-14-10(13)8(2)16-7-9(12)15-11(3,4)5/h8H,6-7H2,1-5H3. The van der Waals surface area contributed by atoms with Gasteiger partial charge >= 0.3 is 11.9 Å². The van der Waals surface area contributed by atoms with Gasteiger partial charge in [-0.2, -0.15) is 0 Å². The van der Waals surface area contributed by atoms with E-state index in [4.69, 9.17) is 9.47 Å². The van der Waals surface area contributed by atoms with Crippen molar-refractivity contribution in [2.24, 2.45) is 0 Å². The summed E-state index contributed by atoms with van der Waals surface area (Å²) in [6.07, 6.45) is 0. The van der Waals surface area contributed by atoms with Gasteiger partial charge < -0.3 is 9.47 Å². The van der Waals surface area contributed by atoms with Crippen molar-refractivity contribution in [1.82, 2.24) is 0 Å². The topological polar surface area (TPSA) is 52.6 Å². The number of hydrogen-bond acceptors (Lipinski definition) is 5. The predicted molar refractivity (Wildman–Crippen MR) is 64.4 cm³/mol. The van der Waals surface area contributed by atoms with Gasteiger partial charge in [-0.25, -0.2) is 0 Å². The van der Waals surface area contributed by atoms with Gasteiger partial charge in [0.1, 0.15) is 10.9 Å². The highest BCUT2D eigenvalue weighted by atomic mass is 32.2. The first-order valence-corrected chi connectivity index (χ1v) is 6.31. The van der Waals surface area contributed by atoms with Crippen LogP contribution in [0.15, 0.2) is 0 Å². The third kappa shape index (κ3) is 7.56. The first-order chi connectivity index (χ1) is 7.26. The van der Waals surface area contributed by atoms with Crippen LogP contribution in [0.3, 0.4) is 0 Å². The Morgan fingerprint density at radius 1 is 1.31 bits per heavy atom. The summed E-state index contributed by atoms with van der Waals surface area (Å²) >= 11 is 1.22. The summed E-state index contributed by atoms with van der Waals surface area (Å²) in [5, 5.41) is -0.340. The largest absolute Gasteiger partial charge is 0.465 e. The third-order valence-corrected chi connectivity index (χ3v) is 2.58. The minimum absolute atomic E-state index is 0.164. The Kier molecular flexibility index (Phi) is 6.48. The summed E-state index contributed by atoms with van der Waals surface area (Å²) in [7, 11) is 0. The van der Waals surface area contributed by atoms with Gasteiger partial charge in [0.15, 0.2) is 0 Å². The fourth-order valence-electron chi connectivity index (χ4n) is 0.892. The van der Waals surface area contributed by atoms with E-state index in [9.17, 15) is 9.59 Å². The zero-order valence-corrected chi connectivity index (χ0v) is 11.3. The lowest BCUT2D eigenvalue weighted by molar-refractivity contribution is -0.151. The van der Waals surface area contributed by atoms with Gasteiger partial charge in [-0.15, -0.1) is 11.8 Å². The second kappa shape index (κ2) is 6.78. The molecule has 0 heterocycles. The molecule has 0 aliphatic heterocycles. The Bertz CT molecular complexity index is 245. The van der Waals surface area contributed by atoms with E-state index in [1.54, 1.807) is 13.8 Å². The lowest BCUT2D eigenvalue weighted by Crippen LogP contribution is -2.26. The predicted octanol–water partition coefficient (Wildman–Crippen LogP) is 2.01. The first kappa shape index (κ1) is 15.3. The van der Waals surface area contributed by atoms with Crippen LogP contribution in [0.2, 0.25) is 0 Å². The summed E-state index contributed by atoms with van der Waals surface area (Å²) < 4.78 is 9.94. The summed E-state index contributed by atoms with van der Waals surface area (Å²) in [5.41, 5.74) is -0.481. The van der Waals surface area contributed by atoms with Crippen molar-refractivity contribution >= 4 is 23.7 Å². The van der Waals surface area contributed by atoms with E-state index in [0.717, 1.165) is 0 Å². The van der Waals surface area contributed by atoms with Gasteiger partial charge in [0.25, 0.3) is 0 Å². The van der Waals surface area contributed by atoms with E-state index in [-0.39, 0.29) is 22.9 Å². The fraction of sp³-hybridized carbons (Fsp3) is 0.818. The molecule has 0 spiro atoms. The van der Waals surface area contributed by atoms with Crippen LogP contribution in [0.4, 0.5) is 0 Å². The third-order valence-electron chi connectivity index (χ3n) is 1.49. The highest BCUT2D eigenvalue weighted by Crippen LogP contribution is 2.15. The molecular weight excluding hydrogens is 228 g/mol. The van der Waals surface area contributed by atoms with Gasteiger partial charge in [0, 0.05) is 0 Å². The summed E-state index contributed by atoms with van der Waals surface area (Å²) in [6.45, 7) is 9.26. The maximum Gasteiger partial charge on any atom is 0.318 e. The molecule has 0 aromatic carbocycles. The summed E-state index contributed by atoms with van der Waals surface area (Å²) in [4.78, 5) is 22.6. The lowest BCUT2D eigenvalue weighted by Gasteiger charge is -2.19. The molecule has 0 aliphatic rings. The maximum atomic E-state index is 11.3. The molecule has 94 valence electrons. The Balaban J connectivity index is 3.88. The van der Waals surface area contributed by atoms with E-state index in [2.05, 4.69) is 0 Å². The van der Waals surface area contributed by atoms with Crippen LogP contribution >= 0.6 is 11.8 Å². The first-order valence-electron chi connectivity index (χ1n) is 5.26. The molecule has 0 aromatic rings. The molecule has 0 rings (SSSR count). The van der Waals surface area contributed by atoms with Crippen molar-refractivity contribution < 1.29 is 19.1 Å². The van der Waals surface area contributed by atoms with E-state index in [1.807, 2.05) is 20.8 Å². The molecule has 0 bridgehead atoms. The highest BCUT2D eigenvalue weighted by Gasteiger charge is 2.20. The van der Waals surface area contributed by atoms with Gasteiger partial charge in [-0.05, 0) is 34.6 Å². The Morgan fingerprint density at radius 2 is 1.88 bits per heavy atom. The number of esters is 2. The molecule has 0 N–H and O–H groups in total. The molecule has 4 nitrogen and oxygen atoms in total. The van der Waals surface area contributed by atoms with Crippen molar-refractivity contribution in [2.75, 3.05) is 12.4 Å². The van der Waals surface area contributed by atoms with E-state index >= 15 is 0 Å². The SMILES string of the molecule is CCOC(=O)C(C)SCC(=O)OC(C)(C)C. The molecule has 16 heavy (non-hydrogen) atoms. The average molecular weight is 248 g/mol.